The number of aromatic carboxylic acids is 2. The van der Waals surface area contributed by atoms with Crippen LogP contribution < -0.4 is 0 Å². The maximum Gasteiger partial charge on any atom is 0.346 e. The smallest absolute Gasteiger partial charge is 0.346 e. The van der Waals surface area contributed by atoms with Gasteiger partial charge >= 0.3 is 23.9 Å². The summed E-state index contributed by atoms with van der Waals surface area (Å²) in [4.78, 5) is 47.5. The van der Waals surface area contributed by atoms with Crippen molar-refractivity contribution in [2.75, 3.05) is 0 Å². The first-order valence-electron chi connectivity index (χ1n) is 8.40. The molecule has 1 rings (SSSR count). The van der Waals surface area contributed by atoms with E-state index in [1.165, 1.54) is 6.07 Å². The summed E-state index contributed by atoms with van der Waals surface area (Å²) in [7, 11) is 0. The van der Waals surface area contributed by atoms with Crippen molar-refractivity contribution in [3.63, 3.8) is 0 Å². The number of esters is 2. The summed E-state index contributed by atoms with van der Waals surface area (Å²) in [5.74, 6) is -4.75. The van der Waals surface area contributed by atoms with Crippen molar-refractivity contribution in [2.45, 2.75) is 52.7 Å². The van der Waals surface area contributed by atoms with Crippen LogP contribution in [0.1, 0.15) is 67.8 Å². The molecule has 0 saturated heterocycles. The van der Waals surface area contributed by atoms with Gasteiger partial charge in [-0.15, -0.1) is 0 Å². The van der Waals surface area contributed by atoms with Gasteiger partial charge in [-0.1, -0.05) is 6.07 Å². The highest BCUT2D eigenvalue weighted by molar-refractivity contribution is 6.18. The number of hydrogen-bond donors (Lipinski definition) is 2. The molecule has 0 aromatic heterocycles. The van der Waals surface area contributed by atoms with Crippen LogP contribution in [0.5, 0.6) is 0 Å². The molecule has 0 amide bonds. The number of rotatable bonds is 5. The standard InChI is InChI=1S/C20H24O8/c1-19(2,3)27-17(25)14(18(26)28-20(4,5)6)10-11-7-8-12(15(21)22)13(9-11)16(23)24/h7-10H,1-6H3,(H,21,22)(H,23,24). The van der Waals surface area contributed by atoms with Gasteiger partial charge in [-0.3, -0.25) is 0 Å². The third kappa shape index (κ3) is 6.86. The minimum Gasteiger partial charge on any atom is -0.478 e. The van der Waals surface area contributed by atoms with Gasteiger partial charge in [-0.25, -0.2) is 19.2 Å². The molecule has 1 aromatic rings. The van der Waals surface area contributed by atoms with Crippen LogP contribution in [0, 0.1) is 0 Å². The second kappa shape index (κ2) is 8.24. The van der Waals surface area contributed by atoms with Crippen molar-refractivity contribution in [1.29, 1.82) is 0 Å². The molecule has 0 fully saturated rings. The van der Waals surface area contributed by atoms with Crippen LogP contribution in [0.4, 0.5) is 0 Å². The van der Waals surface area contributed by atoms with Gasteiger partial charge in [-0.05, 0) is 65.3 Å². The number of carboxylic acids is 2. The van der Waals surface area contributed by atoms with Gasteiger partial charge in [0.05, 0.1) is 11.1 Å². The van der Waals surface area contributed by atoms with Crippen molar-refractivity contribution >= 4 is 30.0 Å². The first kappa shape index (κ1) is 22.9. The lowest BCUT2D eigenvalue weighted by atomic mass is 10.0. The van der Waals surface area contributed by atoms with Crippen molar-refractivity contribution in [2.24, 2.45) is 0 Å². The maximum absolute atomic E-state index is 12.5. The number of ether oxygens (including phenoxy) is 2. The van der Waals surface area contributed by atoms with Crippen molar-refractivity contribution < 1.29 is 38.9 Å². The maximum atomic E-state index is 12.5. The summed E-state index contributed by atoms with van der Waals surface area (Å²) < 4.78 is 10.5. The SMILES string of the molecule is CC(C)(C)OC(=O)C(=Cc1ccc(C(=O)O)c(C(=O)O)c1)C(=O)OC(C)(C)C. The summed E-state index contributed by atoms with van der Waals surface area (Å²) in [6, 6.07) is 3.42. The molecule has 0 atom stereocenters. The van der Waals surface area contributed by atoms with Gasteiger partial charge in [-0.2, -0.15) is 0 Å². The van der Waals surface area contributed by atoms with E-state index in [9.17, 15) is 24.3 Å². The van der Waals surface area contributed by atoms with Crippen molar-refractivity contribution in [1.82, 2.24) is 0 Å². The largest absolute Gasteiger partial charge is 0.478 e. The summed E-state index contributed by atoms with van der Waals surface area (Å²) >= 11 is 0. The van der Waals surface area contributed by atoms with E-state index in [0.717, 1.165) is 18.2 Å². The Balaban J connectivity index is 3.48. The van der Waals surface area contributed by atoms with Gasteiger partial charge in [0, 0.05) is 0 Å². The average molecular weight is 392 g/mol. The predicted octanol–water partition coefficient (Wildman–Crippen LogP) is 3.15. The van der Waals surface area contributed by atoms with Crippen LogP contribution in [0.15, 0.2) is 23.8 Å². The lowest BCUT2D eigenvalue weighted by molar-refractivity contribution is -0.158. The molecule has 0 saturated carbocycles. The minimum absolute atomic E-state index is 0.133. The Labute approximate surface area is 162 Å². The third-order valence-electron chi connectivity index (χ3n) is 3.05. The molecule has 0 spiro atoms. The van der Waals surface area contributed by atoms with Crippen LogP contribution in [-0.4, -0.2) is 45.3 Å². The van der Waals surface area contributed by atoms with Crippen LogP contribution in [-0.2, 0) is 19.1 Å². The second-order valence-electron chi connectivity index (χ2n) is 7.98. The molecule has 2 N–H and O–H groups in total. The summed E-state index contributed by atoms with van der Waals surface area (Å²) in [5, 5.41) is 18.3. The molecule has 0 radical (unpaired) electrons. The predicted molar refractivity (Wildman–Crippen MR) is 100 cm³/mol. The van der Waals surface area contributed by atoms with E-state index in [1.54, 1.807) is 41.5 Å². The van der Waals surface area contributed by atoms with E-state index in [4.69, 9.17) is 14.6 Å². The Morgan fingerprint density at radius 3 is 1.57 bits per heavy atom. The Morgan fingerprint density at radius 1 is 0.786 bits per heavy atom. The second-order valence-corrected chi connectivity index (χ2v) is 7.98. The van der Waals surface area contributed by atoms with Crippen LogP contribution in [0.3, 0.4) is 0 Å². The monoisotopic (exact) mass is 392 g/mol. The first-order valence-corrected chi connectivity index (χ1v) is 8.40. The lowest BCUT2D eigenvalue weighted by Crippen LogP contribution is -2.31. The van der Waals surface area contributed by atoms with E-state index in [0.29, 0.717) is 0 Å². The molecule has 0 aliphatic carbocycles. The zero-order valence-electron chi connectivity index (χ0n) is 16.7. The van der Waals surface area contributed by atoms with E-state index < -0.39 is 51.8 Å². The fourth-order valence-corrected chi connectivity index (χ4v) is 2.05. The highest BCUT2D eigenvalue weighted by Gasteiger charge is 2.29. The van der Waals surface area contributed by atoms with E-state index in [2.05, 4.69) is 0 Å². The van der Waals surface area contributed by atoms with Gasteiger partial charge in [0.1, 0.15) is 16.8 Å². The molecule has 0 aliphatic heterocycles. The fraction of sp³-hybridized carbons (Fsp3) is 0.400. The van der Waals surface area contributed by atoms with Crippen molar-refractivity contribution in [3.8, 4) is 0 Å². The van der Waals surface area contributed by atoms with Crippen LogP contribution in [0.2, 0.25) is 0 Å². The first-order chi connectivity index (χ1) is 12.6. The van der Waals surface area contributed by atoms with E-state index >= 15 is 0 Å². The quantitative estimate of drug-likeness (QED) is 0.339. The molecule has 0 unspecified atom stereocenters. The molecule has 0 heterocycles. The molecule has 0 bridgehead atoms. The summed E-state index contributed by atoms with van der Waals surface area (Å²) in [6.07, 6.45) is 1.11. The highest BCUT2D eigenvalue weighted by atomic mass is 16.6. The van der Waals surface area contributed by atoms with Crippen LogP contribution >= 0.6 is 0 Å². The Morgan fingerprint density at radius 2 is 1.21 bits per heavy atom. The summed E-state index contributed by atoms with van der Waals surface area (Å²) in [6.45, 7) is 9.76. The van der Waals surface area contributed by atoms with Crippen molar-refractivity contribution in [3.05, 3.63) is 40.5 Å². The number of hydrogen-bond acceptors (Lipinski definition) is 6. The molecule has 8 heteroatoms. The topological polar surface area (TPSA) is 127 Å². The van der Waals surface area contributed by atoms with E-state index in [-0.39, 0.29) is 5.56 Å². The number of carboxylic acid groups (broad SMARTS) is 2. The molecular weight excluding hydrogens is 368 g/mol. The van der Waals surface area contributed by atoms with Gasteiger partial charge < -0.3 is 19.7 Å². The van der Waals surface area contributed by atoms with Gasteiger partial charge in [0.15, 0.2) is 0 Å². The average Bonchev–Trinajstić information content (AvgIpc) is 2.48. The number of benzene rings is 1. The number of carbonyl (C=O) groups is 4. The normalized spacial score (nSPS) is 11.4. The summed E-state index contributed by atoms with van der Waals surface area (Å²) in [5.41, 5.74) is -2.96. The lowest BCUT2D eigenvalue weighted by Gasteiger charge is -2.23. The van der Waals surface area contributed by atoms with Gasteiger partial charge in [0.2, 0.25) is 0 Å². The van der Waals surface area contributed by atoms with E-state index in [1.807, 2.05) is 0 Å². The van der Waals surface area contributed by atoms with Crippen LogP contribution in [0.25, 0.3) is 6.08 Å². The fourth-order valence-electron chi connectivity index (χ4n) is 2.05. The molecule has 8 nitrogen and oxygen atoms in total. The van der Waals surface area contributed by atoms with Gasteiger partial charge in [0.25, 0.3) is 0 Å². The molecular formula is C20H24O8. The molecule has 1 aromatic carbocycles. The number of carbonyl (C=O) groups excluding carboxylic acids is 2. The molecule has 28 heavy (non-hydrogen) atoms. The highest BCUT2D eigenvalue weighted by Crippen LogP contribution is 2.20. The Bertz CT molecular complexity index is 805. The molecule has 0 aliphatic rings. The molecule has 152 valence electrons. The zero-order valence-corrected chi connectivity index (χ0v) is 16.7. The third-order valence-corrected chi connectivity index (χ3v) is 3.05. The Kier molecular flexibility index (Phi) is 6.74. The zero-order chi connectivity index (χ0) is 21.9. The minimum atomic E-state index is -1.45. The Hall–Kier alpha value is -3.16.